The first-order valence-corrected chi connectivity index (χ1v) is 8.21. The number of nitrogens with zero attached hydrogens (tertiary/aromatic N) is 2. The minimum absolute atomic E-state index is 0.841. The Morgan fingerprint density at radius 3 is 2.87 bits per heavy atom. The summed E-state index contributed by atoms with van der Waals surface area (Å²) in [5.41, 5.74) is 5.84. The number of nitrogens with one attached hydrogen (secondary N) is 1. The van der Waals surface area contributed by atoms with Crippen LogP contribution in [0.1, 0.15) is 29.5 Å². The molecule has 0 amide bonds. The van der Waals surface area contributed by atoms with Gasteiger partial charge in [-0.3, -0.25) is 0 Å². The molecule has 3 heterocycles. The molecule has 0 aliphatic carbocycles. The summed E-state index contributed by atoms with van der Waals surface area (Å²) >= 11 is 0. The monoisotopic (exact) mass is 307 g/mol. The number of fused-ring (bicyclic) bond motifs is 1. The molecule has 1 aromatic carbocycles. The van der Waals surface area contributed by atoms with Crippen molar-refractivity contribution in [2.24, 2.45) is 0 Å². The van der Waals surface area contributed by atoms with Crippen LogP contribution in [0.25, 0.3) is 17.1 Å². The highest BCUT2D eigenvalue weighted by Crippen LogP contribution is 2.34. The van der Waals surface area contributed by atoms with E-state index in [-0.39, 0.29) is 0 Å². The largest absolute Gasteiger partial charge is 0.463 e. The molecule has 0 radical (unpaired) electrons. The topological polar surface area (TPSA) is 43.0 Å². The summed E-state index contributed by atoms with van der Waals surface area (Å²) < 4.78 is 7.67. The lowest BCUT2D eigenvalue weighted by molar-refractivity contribution is 0.578. The molecular formula is C19H21N3O. The molecule has 1 aliphatic heterocycles. The molecule has 0 spiro atoms. The molecule has 0 fully saturated rings. The Labute approximate surface area is 136 Å². The van der Waals surface area contributed by atoms with Gasteiger partial charge in [0.15, 0.2) is 5.76 Å². The molecule has 4 rings (SSSR count). The predicted octanol–water partition coefficient (Wildman–Crippen LogP) is 4.50. The van der Waals surface area contributed by atoms with E-state index in [1.165, 1.54) is 29.5 Å². The van der Waals surface area contributed by atoms with Crippen LogP contribution >= 0.6 is 0 Å². The Morgan fingerprint density at radius 2 is 2.09 bits per heavy atom. The highest BCUT2D eigenvalue weighted by Gasteiger charge is 2.23. The zero-order chi connectivity index (χ0) is 15.8. The van der Waals surface area contributed by atoms with Crippen molar-refractivity contribution in [3.8, 4) is 17.1 Å². The molecule has 118 valence electrons. The fourth-order valence-electron chi connectivity index (χ4n) is 3.33. The number of aromatic nitrogens is 2. The zero-order valence-electron chi connectivity index (χ0n) is 13.6. The van der Waals surface area contributed by atoms with Gasteiger partial charge in [0, 0.05) is 12.1 Å². The van der Waals surface area contributed by atoms with Crippen LogP contribution in [0.3, 0.4) is 0 Å². The minimum atomic E-state index is 0.841. The molecule has 4 nitrogen and oxygen atoms in total. The summed E-state index contributed by atoms with van der Waals surface area (Å²) in [6, 6.07) is 10.4. The van der Waals surface area contributed by atoms with E-state index in [9.17, 15) is 0 Å². The van der Waals surface area contributed by atoms with Crippen molar-refractivity contribution in [1.29, 1.82) is 0 Å². The Hall–Kier alpha value is -2.49. The third-order valence-electron chi connectivity index (χ3n) is 4.46. The second-order valence-corrected chi connectivity index (χ2v) is 6.24. The normalized spacial score (nSPS) is 14.2. The van der Waals surface area contributed by atoms with Gasteiger partial charge in [0.05, 0.1) is 12.0 Å². The summed E-state index contributed by atoms with van der Waals surface area (Å²) in [6.45, 7) is 5.24. The van der Waals surface area contributed by atoms with Gasteiger partial charge in [-0.25, -0.2) is 4.68 Å². The van der Waals surface area contributed by atoms with E-state index in [0.29, 0.717) is 0 Å². The van der Waals surface area contributed by atoms with Crippen molar-refractivity contribution in [3.63, 3.8) is 0 Å². The summed E-state index contributed by atoms with van der Waals surface area (Å²) in [5.74, 6) is 1.95. The number of furan rings is 1. The zero-order valence-corrected chi connectivity index (χ0v) is 13.6. The third kappa shape index (κ3) is 2.44. The number of anilines is 1. The van der Waals surface area contributed by atoms with Gasteiger partial charge in [-0.2, -0.15) is 5.10 Å². The lowest BCUT2D eigenvalue weighted by Crippen LogP contribution is -2.08. The number of hydrogen-bond acceptors (Lipinski definition) is 3. The standard InChI is InChI=1S/C19H21N3O/c1-13-8-9-16(14(2)12-13)22-19-15(6-3-4-10-20-19)18(21-22)17-7-5-11-23-17/h5,7-9,11-12,20H,3-4,6,10H2,1-2H3. The van der Waals surface area contributed by atoms with E-state index in [2.05, 4.69) is 37.4 Å². The Bertz CT molecular complexity index is 831. The van der Waals surface area contributed by atoms with E-state index in [0.717, 1.165) is 35.9 Å². The maximum Gasteiger partial charge on any atom is 0.154 e. The van der Waals surface area contributed by atoms with Gasteiger partial charge in [0.2, 0.25) is 0 Å². The molecule has 0 saturated carbocycles. The molecule has 1 N–H and O–H groups in total. The lowest BCUT2D eigenvalue weighted by atomic mass is 10.1. The average Bonchev–Trinajstić information content (AvgIpc) is 3.10. The van der Waals surface area contributed by atoms with E-state index in [1.54, 1.807) is 6.26 Å². The second kappa shape index (κ2) is 5.61. The quantitative estimate of drug-likeness (QED) is 0.758. The molecule has 0 unspecified atom stereocenters. The van der Waals surface area contributed by atoms with Gasteiger partial charge >= 0.3 is 0 Å². The number of rotatable bonds is 2. The molecule has 1 aliphatic rings. The van der Waals surface area contributed by atoms with E-state index < -0.39 is 0 Å². The molecule has 0 bridgehead atoms. The second-order valence-electron chi connectivity index (χ2n) is 6.24. The number of hydrogen-bond donors (Lipinski definition) is 1. The summed E-state index contributed by atoms with van der Waals surface area (Å²) in [6.07, 6.45) is 5.09. The van der Waals surface area contributed by atoms with E-state index >= 15 is 0 Å². The Kier molecular flexibility index (Phi) is 3.45. The van der Waals surface area contributed by atoms with Crippen LogP contribution in [0.2, 0.25) is 0 Å². The van der Waals surface area contributed by atoms with Crippen LogP contribution in [0.4, 0.5) is 5.82 Å². The molecule has 0 saturated heterocycles. The van der Waals surface area contributed by atoms with Crippen molar-refractivity contribution >= 4 is 5.82 Å². The predicted molar refractivity (Wildman–Crippen MR) is 92.2 cm³/mol. The van der Waals surface area contributed by atoms with Gasteiger partial charge in [-0.05, 0) is 56.9 Å². The van der Waals surface area contributed by atoms with Crippen molar-refractivity contribution in [1.82, 2.24) is 9.78 Å². The van der Waals surface area contributed by atoms with Crippen LogP contribution < -0.4 is 5.32 Å². The SMILES string of the molecule is Cc1ccc(-n2nc(-c3ccco3)c3c2NCCCC3)c(C)c1. The molecule has 2 aromatic heterocycles. The van der Waals surface area contributed by atoms with Gasteiger partial charge in [-0.1, -0.05) is 17.7 Å². The fraction of sp³-hybridized carbons (Fsp3) is 0.316. The van der Waals surface area contributed by atoms with Crippen molar-refractivity contribution in [2.45, 2.75) is 33.1 Å². The molecule has 4 heteroatoms. The van der Waals surface area contributed by atoms with Gasteiger partial charge in [0.1, 0.15) is 11.5 Å². The van der Waals surface area contributed by atoms with Gasteiger partial charge < -0.3 is 9.73 Å². The van der Waals surface area contributed by atoms with Crippen molar-refractivity contribution in [3.05, 3.63) is 53.3 Å². The van der Waals surface area contributed by atoms with Crippen LogP contribution in [0.5, 0.6) is 0 Å². The van der Waals surface area contributed by atoms with E-state index in [1.807, 2.05) is 16.8 Å². The van der Waals surface area contributed by atoms with Crippen LogP contribution in [-0.4, -0.2) is 16.3 Å². The maximum absolute atomic E-state index is 5.62. The van der Waals surface area contributed by atoms with Crippen molar-refractivity contribution in [2.75, 3.05) is 11.9 Å². The molecular weight excluding hydrogens is 286 g/mol. The first-order valence-electron chi connectivity index (χ1n) is 8.21. The Balaban J connectivity index is 1.93. The smallest absolute Gasteiger partial charge is 0.154 e. The summed E-state index contributed by atoms with van der Waals surface area (Å²) in [4.78, 5) is 0. The first-order chi connectivity index (χ1) is 11.2. The van der Waals surface area contributed by atoms with Crippen LogP contribution in [-0.2, 0) is 6.42 Å². The van der Waals surface area contributed by atoms with Crippen LogP contribution in [0, 0.1) is 13.8 Å². The number of aryl methyl sites for hydroxylation is 2. The summed E-state index contributed by atoms with van der Waals surface area (Å²) in [5, 5.41) is 8.47. The third-order valence-corrected chi connectivity index (χ3v) is 4.46. The van der Waals surface area contributed by atoms with Gasteiger partial charge in [0.25, 0.3) is 0 Å². The minimum Gasteiger partial charge on any atom is -0.463 e. The van der Waals surface area contributed by atoms with E-state index in [4.69, 9.17) is 9.52 Å². The van der Waals surface area contributed by atoms with Gasteiger partial charge in [-0.15, -0.1) is 0 Å². The number of benzene rings is 1. The molecule has 0 atom stereocenters. The van der Waals surface area contributed by atoms with Crippen molar-refractivity contribution < 1.29 is 4.42 Å². The molecule has 3 aromatic rings. The highest BCUT2D eigenvalue weighted by molar-refractivity contribution is 5.68. The van der Waals surface area contributed by atoms with Crippen LogP contribution in [0.15, 0.2) is 41.0 Å². The maximum atomic E-state index is 5.62. The average molecular weight is 307 g/mol. The summed E-state index contributed by atoms with van der Waals surface area (Å²) in [7, 11) is 0. The first kappa shape index (κ1) is 14.1. The Morgan fingerprint density at radius 1 is 1.17 bits per heavy atom. The molecule has 23 heavy (non-hydrogen) atoms. The fourth-order valence-corrected chi connectivity index (χ4v) is 3.33. The highest BCUT2D eigenvalue weighted by atomic mass is 16.3. The lowest BCUT2D eigenvalue weighted by Gasteiger charge is -2.12.